The highest BCUT2D eigenvalue weighted by atomic mass is 16.4. The molecule has 14 heavy (non-hydrogen) atoms. The summed E-state index contributed by atoms with van der Waals surface area (Å²) >= 11 is 0. The third-order valence-corrected chi connectivity index (χ3v) is 1.52. The second kappa shape index (κ2) is 6.09. The van der Waals surface area contributed by atoms with Crippen LogP contribution in [0.25, 0.3) is 0 Å². The summed E-state index contributed by atoms with van der Waals surface area (Å²) in [5, 5.41) is 18.6. The van der Waals surface area contributed by atoms with Crippen molar-refractivity contribution in [2.75, 3.05) is 6.54 Å². The van der Waals surface area contributed by atoms with Crippen molar-refractivity contribution in [1.82, 2.24) is 5.32 Å². The molecule has 0 unspecified atom stereocenters. The molecule has 0 saturated carbocycles. The van der Waals surface area contributed by atoms with E-state index < -0.39 is 18.0 Å². The Labute approximate surface area is 80.9 Å². The molecular formula is C8H13NO5. The minimum atomic E-state index is -0.937. The average molecular weight is 203 g/mol. The van der Waals surface area contributed by atoms with Gasteiger partial charge in [0.2, 0.25) is 0 Å². The molecule has 6 nitrogen and oxygen atoms in total. The van der Waals surface area contributed by atoms with Gasteiger partial charge in [-0.25, -0.2) is 0 Å². The summed E-state index contributed by atoms with van der Waals surface area (Å²) < 4.78 is 0. The third-order valence-electron chi connectivity index (χ3n) is 1.52. The van der Waals surface area contributed by atoms with Crippen molar-refractivity contribution in [3.63, 3.8) is 0 Å². The number of carbonyl (C=O) groups is 3. The lowest BCUT2D eigenvalue weighted by Crippen LogP contribution is -2.43. The zero-order chi connectivity index (χ0) is 11.1. The molecule has 6 heteroatoms. The first-order valence-corrected chi connectivity index (χ1v) is 4.11. The van der Waals surface area contributed by atoms with E-state index in [0.717, 1.165) is 6.92 Å². The van der Waals surface area contributed by atoms with E-state index in [9.17, 15) is 9.59 Å². The highest BCUT2D eigenvalue weighted by Gasteiger charge is 2.23. The van der Waals surface area contributed by atoms with Crippen molar-refractivity contribution in [2.24, 2.45) is 0 Å². The van der Waals surface area contributed by atoms with E-state index in [4.69, 9.17) is 15.0 Å². The summed E-state index contributed by atoms with van der Waals surface area (Å²) in [4.78, 5) is 30.0. The number of Topliss-reactive ketones (excluding diaryl/α,β-unsaturated/α-hetero) is 1. The number of carboxylic acid groups (broad SMARTS) is 2. The van der Waals surface area contributed by atoms with Gasteiger partial charge in [0.05, 0.1) is 0 Å². The molecule has 1 atom stereocenters. The van der Waals surface area contributed by atoms with E-state index >= 15 is 0 Å². The first-order valence-electron chi connectivity index (χ1n) is 4.11. The minimum Gasteiger partial charge on any atom is -0.481 e. The van der Waals surface area contributed by atoms with Crippen LogP contribution in [0.5, 0.6) is 0 Å². The molecule has 0 aromatic heterocycles. The maximum absolute atomic E-state index is 10.7. The zero-order valence-corrected chi connectivity index (χ0v) is 7.82. The van der Waals surface area contributed by atoms with E-state index in [2.05, 4.69) is 5.32 Å². The fourth-order valence-corrected chi connectivity index (χ4v) is 0.962. The molecule has 0 bridgehead atoms. The summed E-state index contributed by atoms with van der Waals surface area (Å²) in [5.41, 5.74) is 0. The van der Waals surface area contributed by atoms with Crippen LogP contribution in [0.3, 0.4) is 0 Å². The van der Waals surface area contributed by atoms with Crippen LogP contribution in [0.1, 0.15) is 19.8 Å². The molecule has 0 aliphatic carbocycles. The lowest BCUT2D eigenvalue weighted by Gasteiger charge is -2.17. The van der Waals surface area contributed by atoms with Crippen molar-refractivity contribution in [2.45, 2.75) is 25.8 Å². The van der Waals surface area contributed by atoms with E-state index in [1.807, 2.05) is 0 Å². The number of hydrogen-bond acceptors (Lipinski definition) is 4. The quantitative estimate of drug-likeness (QED) is 0.530. The molecule has 0 spiro atoms. The van der Waals surface area contributed by atoms with Crippen LogP contribution >= 0.6 is 0 Å². The number of aliphatic carboxylic acids is 2. The first-order chi connectivity index (χ1) is 6.43. The molecule has 0 aromatic carbocycles. The second-order valence-corrected chi connectivity index (χ2v) is 2.86. The van der Waals surface area contributed by atoms with Crippen molar-refractivity contribution in [1.29, 1.82) is 0 Å². The molecule has 80 valence electrons. The first kappa shape index (κ1) is 12.6. The van der Waals surface area contributed by atoms with Gasteiger partial charge in [-0.05, 0) is 0 Å². The van der Waals surface area contributed by atoms with E-state index in [1.165, 1.54) is 0 Å². The molecule has 1 aliphatic heterocycles. The molecule has 1 saturated heterocycles. The van der Waals surface area contributed by atoms with Gasteiger partial charge in [-0.15, -0.1) is 0 Å². The van der Waals surface area contributed by atoms with Crippen LogP contribution in [0.2, 0.25) is 0 Å². The van der Waals surface area contributed by atoms with Crippen LogP contribution in [-0.4, -0.2) is 40.5 Å². The highest BCUT2D eigenvalue weighted by Crippen LogP contribution is 2.02. The van der Waals surface area contributed by atoms with Gasteiger partial charge in [0.25, 0.3) is 5.97 Å². The van der Waals surface area contributed by atoms with E-state index in [0.29, 0.717) is 13.0 Å². The molecule has 1 fully saturated rings. The Morgan fingerprint density at radius 3 is 2.21 bits per heavy atom. The van der Waals surface area contributed by atoms with Gasteiger partial charge in [-0.3, -0.25) is 14.4 Å². The van der Waals surface area contributed by atoms with Gasteiger partial charge in [0, 0.05) is 26.3 Å². The Bertz CT molecular complexity index is 232. The van der Waals surface area contributed by atoms with Crippen molar-refractivity contribution < 1.29 is 24.6 Å². The summed E-state index contributed by atoms with van der Waals surface area (Å²) in [6, 6.07) is -0.652. The Kier molecular flexibility index (Phi) is 5.47. The minimum absolute atomic E-state index is 0.0335. The van der Waals surface area contributed by atoms with Crippen molar-refractivity contribution in [3.05, 3.63) is 0 Å². The Hall–Kier alpha value is -1.43. The van der Waals surface area contributed by atoms with E-state index in [-0.39, 0.29) is 12.2 Å². The fourth-order valence-electron chi connectivity index (χ4n) is 0.962. The molecule has 0 radical (unpaired) electrons. The van der Waals surface area contributed by atoms with Crippen LogP contribution in [0.4, 0.5) is 0 Å². The van der Waals surface area contributed by atoms with Gasteiger partial charge in [0.15, 0.2) is 0 Å². The molecule has 1 aliphatic rings. The predicted octanol–water partition coefficient (Wildman–Crippen LogP) is -0.517. The second-order valence-electron chi connectivity index (χ2n) is 2.86. The zero-order valence-electron chi connectivity index (χ0n) is 7.82. The predicted molar refractivity (Wildman–Crippen MR) is 47.0 cm³/mol. The maximum Gasteiger partial charge on any atom is 0.321 e. The maximum atomic E-state index is 10.7. The summed E-state index contributed by atoms with van der Waals surface area (Å²) in [6.07, 6.45) is 0.596. The number of carbonyl (C=O) groups excluding carboxylic acids is 1. The molecule has 3 N–H and O–H groups in total. The van der Waals surface area contributed by atoms with Crippen LogP contribution in [-0.2, 0) is 14.4 Å². The summed E-state index contributed by atoms with van der Waals surface area (Å²) in [7, 11) is 0. The smallest absolute Gasteiger partial charge is 0.321 e. The van der Waals surface area contributed by atoms with Crippen LogP contribution in [0, 0.1) is 0 Å². The number of rotatable bonds is 1. The Morgan fingerprint density at radius 1 is 1.43 bits per heavy atom. The summed E-state index contributed by atoms with van der Waals surface area (Å²) in [5.74, 6) is -1.74. The lowest BCUT2D eigenvalue weighted by molar-refractivity contribution is -0.142. The molecule has 1 rings (SSSR count). The molecule has 0 amide bonds. The van der Waals surface area contributed by atoms with Gasteiger partial charge in [0.1, 0.15) is 11.8 Å². The van der Waals surface area contributed by atoms with Gasteiger partial charge >= 0.3 is 5.97 Å². The van der Waals surface area contributed by atoms with Crippen molar-refractivity contribution in [3.8, 4) is 0 Å². The van der Waals surface area contributed by atoms with Gasteiger partial charge < -0.3 is 15.5 Å². The standard InChI is InChI=1S/C6H9NO3.C2H4O2/c8-4-1-2-7-5(3-4)6(9)10;1-2(3)4/h5,7H,1-3H2,(H,9,10);1H3,(H,3,4)/t5-;/m0./s1. The monoisotopic (exact) mass is 203 g/mol. The average Bonchev–Trinajstić information content (AvgIpc) is 2.03. The normalized spacial score (nSPS) is 20.6. The molecular weight excluding hydrogens is 190 g/mol. The third kappa shape index (κ3) is 6.13. The molecule has 1 heterocycles. The fraction of sp³-hybridized carbons (Fsp3) is 0.625. The largest absolute Gasteiger partial charge is 0.481 e. The molecule has 0 aromatic rings. The number of piperidine rings is 1. The van der Waals surface area contributed by atoms with Crippen molar-refractivity contribution >= 4 is 17.7 Å². The van der Waals surface area contributed by atoms with Crippen LogP contribution in [0.15, 0.2) is 0 Å². The number of ketones is 1. The SMILES string of the molecule is CC(=O)O.O=C1CCN[C@H](C(=O)O)C1. The topological polar surface area (TPSA) is 104 Å². The highest BCUT2D eigenvalue weighted by molar-refractivity contribution is 5.87. The Balaban J connectivity index is 0.000000364. The number of nitrogens with one attached hydrogen (secondary N) is 1. The lowest BCUT2D eigenvalue weighted by atomic mass is 10.0. The van der Waals surface area contributed by atoms with E-state index in [1.54, 1.807) is 0 Å². The van der Waals surface area contributed by atoms with Gasteiger partial charge in [-0.1, -0.05) is 0 Å². The number of hydrogen-bond donors (Lipinski definition) is 3. The van der Waals surface area contributed by atoms with Gasteiger partial charge in [-0.2, -0.15) is 0 Å². The summed E-state index contributed by atoms with van der Waals surface area (Å²) in [6.45, 7) is 1.58. The van der Waals surface area contributed by atoms with Crippen LogP contribution < -0.4 is 5.32 Å². The number of carboxylic acids is 2. The Morgan fingerprint density at radius 2 is 1.93 bits per heavy atom.